The third kappa shape index (κ3) is 5.48. The van der Waals surface area contributed by atoms with Gasteiger partial charge in [-0.15, -0.1) is 0 Å². The van der Waals surface area contributed by atoms with Crippen LogP contribution in [-0.2, 0) is 16.6 Å². The lowest BCUT2D eigenvalue weighted by Crippen LogP contribution is -2.48. The number of pyridine rings is 1. The van der Waals surface area contributed by atoms with Crippen molar-refractivity contribution in [2.24, 2.45) is 0 Å². The fourth-order valence-electron chi connectivity index (χ4n) is 5.30. The molecular weight excluding hydrogens is 591 g/mol. The first-order valence-corrected chi connectivity index (χ1v) is 15.8. The van der Waals surface area contributed by atoms with Crippen LogP contribution in [0, 0.1) is 0 Å². The van der Waals surface area contributed by atoms with Crippen molar-refractivity contribution in [1.29, 1.82) is 0 Å². The number of nitrogens with zero attached hydrogens (tertiary/aromatic N) is 4. The Kier molecular flexibility index (Phi) is 7.91. The quantitative estimate of drug-likeness (QED) is 0.190. The second kappa shape index (κ2) is 11.6. The summed E-state index contributed by atoms with van der Waals surface area (Å²) >= 11 is 12.4. The minimum atomic E-state index is -3.78. The number of rotatable bonds is 7. The molecule has 1 aliphatic rings. The molecule has 0 bridgehead atoms. The van der Waals surface area contributed by atoms with Crippen molar-refractivity contribution in [3.63, 3.8) is 0 Å². The van der Waals surface area contributed by atoms with E-state index in [1.165, 1.54) is 10.4 Å². The number of fused-ring (bicyclic) bond motifs is 1. The van der Waals surface area contributed by atoms with E-state index in [0.717, 1.165) is 33.7 Å². The van der Waals surface area contributed by atoms with E-state index in [1.807, 2.05) is 66.7 Å². The number of imidazole rings is 1. The molecule has 0 atom stereocenters. The van der Waals surface area contributed by atoms with Crippen molar-refractivity contribution in [2.75, 3.05) is 26.2 Å². The van der Waals surface area contributed by atoms with Gasteiger partial charge < -0.3 is 4.40 Å². The fourth-order valence-corrected chi connectivity index (χ4v) is 7.46. The first-order chi connectivity index (χ1) is 20.2. The number of ketones is 1. The van der Waals surface area contributed by atoms with E-state index in [9.17, 15) is 13.2 Å². The zero-order valence-electron chi connectivity index (χ0n) is 22.9. The lowest BCUT2D eigenvalue weighted by Gasteiger charge is -2.34. The van der Waals surface area contributed by atoms with Gasteiger partial charge in [-0.25, -0.2) is 13.4 Å². The molecule has 3 heterocycles. The second-order valence-corrected chi connectivity index (χ2v) is 13.0. The molecule has 10 heteroatoms. The molecule has 1 fully saturated rings. The summed E-state index contributed by atoms with van der Waals surface area (Å²) in [5, 5.41) is 0.262. The minimum absolute atomic E-state index is 0.0297. The number of aromatic nitrogens is 2. The molecule has 42 heavy (non-hydrogen) atoms. The highest BCUT2D eigenvalue weighted by molar-refractivity contribution is 7.89. The molecule has 1 aliphatic heterocycles. The summed E-state index contributed by atoms with van der Waals surface area (Å²) in [6, 6.07) is 26.4. The maximum absolute atomic E-state index is 13.4. The van der Waals surface area contributed by atoms with E-state index in [4.69, 9.17) is 28.2 Å². The maximum Gasteiger partial charge on any atom is 0.244 e. The molecule has 0 saturated carbocycles. The normalized spacial score (nSPS) is 14.8. The van der Waals surface area contributed by atoms with Gasteiger partial charge in [0, 0.05) is 50.0 Å². The van der Waals surface area contributed by atoms with E-state index in [0.29, 0.717) is 38.3 Å². The Bertz CT molecular complexity index is 1880. The zero-order chi connectivity index (χ0) is 29.4. The second-order valence-electron chi connectivity index (χ2n) is 10.3. The molecule has 0 radical (unpaired) electrons. The van der Waals surface area contributed by atoms with Gasteiger partial charge in [-0.05, 0) is 42.3 Å². The predicted octanol–water partition coefficient (Wildman–Crippen LogP) is 6.68. The smallest absolute Gasteiger partial charge is 0.244 e. The number of halogens is 2. The van der Waals surface area contributed by atoms with Gasteiger partial charge >= 0.3 is 0 Å². The van der Waals surface area contributed by atoms with Crippen LogP contribution >= 0.6 is 23.2 Å². The Balaban J connectivity index is 1.30. The van der Waals surface area contributed by atoms with Gasteiger partial charge in [0.15, 0.2) is 5.78 Å². The summed E-state index contributed by atoms with van der Waals surface area (Å²) in [6.07, 6.45) is 2.08. The average Bonchev–Trinajstić information content (AvgIpc) is 3.36. The summed E-state index contributed by atoms with van der Waals surface area (Å²) in [6.45, 7) is 3.90. The summed E-state index contributed by atoms with van der Waals surface area (Å²) in [7, 11) is -3.78. The van der Waals surface area contributed by atoms with Crippen LogP contribution in [0.25, 0.3) is 28.0 Å². The van der Waals surface area contributed by atoms with Gasteiger partial charge in [0.2, 0.25) is 10.0 Å². The molecule has 0 N–H and O–H groups in total. The Labute approximate surface area is 255 Å². The number of sulfonamides is 1. The maximum atomic E-state index is 13.4. The first kappa shape index (κ1) is 28.6. The van der Waals surface area contributed by atoms with Gasteiger partial charge in [-0.2, -0.15) is 4.31 Å². The Hall–Kier alpha value is -3.53. The summed E-state index contributed by atoms with van der Waals surface area (Å²) < 4.78 is 30.3. The fraction of sp³-hybridized carbons (Fsp3) is 0.188. The highest BCUT2D eigenvalue weighted by Gasteiger charge is 2.31. The molecule has 1 saturated heterocycles. The molecular formula is C32H28Cl2N4O3S. The lowest BCUT2D eigenvalue weighted by atomic mass is 10.0. The van der Waals surface area contributed by atoms with Crippen LogP contribution in [0.4, 0.5) is 0 Å². The van der Waals surface area contributed by atoms with Crippen LogP contribution in [0.5, 0.6) is 0 Å². The van der Waals surface area contributed by atoms with Gasteiger partial charge in [0.1, 0.15) is 10.5 Å². The SMILES string of the molecule is CC(=O)c1ccc(-c2ccc3nc(-c4ccccc4)c(CN4CCN(S(=O)(=O)c5cccc(Cl)c5Cl)CC4)n3c2)cc1. The zero-order valence-corrected chi connectivity index (χ0v) is 25.2. The molecule has 0 spiro atoms. The Morgan fingerprint density at radius 3 is 2.19 bits per heavy atom. The highest BCUT2D eigenvalue weighted by Crippen LogP contribution is 2.32. The van der Waals surface area contributed by atoms with Gasteiger partial charge in [-0.3, -0.25) is 9.69 Å². The van der Waals surface area contributed by atoms with Crippen molar-refractivity contribution in [1.82, 2.24) is 18.6 Å². The van der Waals surface area contributed by atoms with Crippen molar-refractivity contribution in [3.8, 4) is 22.4 Å². The highest BCUT2D eigenvalue weighted by atomic mass is 35.5. The molecule has 0 unspecified atom stereocenters. The monoisotopic (exact) mass is 618 g/mol. The molecule has 3 aromatic carbocycles. The largest absolute Gasteiger partial charge is 0.301 e. The van der Waals surface area contributed by atoms with E-state index >= 15 is 0 Å². The predicted molar refractivity (Wildman–Crippen MR) is 167 cm³/mol. The lowest BCUT2D eigenvalue weighted by molar-refractivity contribution is 0.101. The topological polar surface area (TPSA) is 75.0 Å². The average molecular weight is 620 g/mol. The Morgan fingerprint density at radius 2 is 1.50 bits per heavy atom. The van der Waals surface area contributed by atoms with Gasteiger partial charge in [-0.1, -0.05) is 83.9 Å². The molecule has 214 valence electrons. The van der Waals surface area contributed by atoms with Gasteiger partial charge in [0.05, 0.1) is 21.4 Å². The number of piperazine rings is 1. The van der Waals surface area contributed by atoms with Crippen LogP contribution in [0.15, 0.2) is 96.0 Å². The van der Waals surface area contributed by atoms with Crippen LogP contribution in [-0.4, -0.2) is 59.0 Å². The number of hydrogen-bond acceptors (Lipinski definition) is 5. The van der Waals surface area contributed by atoms with Gasteiger partial charge in [0.25, 0.3) is 0 Å². The summed E-state index contributed by atoms with van der Waals surface area (Å²) in [4.78, 5) is 19.0. The summed E-state index contributed by atoms with van der Waals surface area (Å²) in [5.41, 5.74) is 6.43. The van der Waals surface area contributed by atoms with Crippen molar-refractivity contribution in [3.05, 3.63) is 112 Å². The number of carbonyl (C=O) groups excluding carboxylic acids is 1. The molecule has 0 aliphatic carbocycles. The van der Waals surface area contributed by atoms with Crippen LogP contribution in [0.2, 0.25) is 10.0 Å². The van der Waals surface area contributed by atoms with E-state index in [2.05, 4.69) is 15.5 Å². The van der Waals surface area contributed by atoms with Crippen LogP contribution in [0.1, 0.15) is 23.0 Å². The molecule has 0 amide bonds. The van der Waals surface area contributed by atoms with Crippen LogP contribution < -0.4 is 0 Å². The van der Waals surface area contributed by atoms with Crippen molar-refractivity contribution in [2.45, 2.75) is 18.4 Å². The molecule has 7 nitrogen and oxygen atoms in total. The molecule has 2 aromatic heterocycles. The molecule has 5 aromatic rings. The van der Waals surface area contributed by atoms with Crippen molar-refractivity contribution >= 4 is 44.7 Å². The minimum Gasteiger partial charge on any atom is -0.301 e. The van der Waals surface area contributed by atoms with E-state index in [-0.39, 0.29) is 20.7 Å². The summed E-state index contributed by atoms with van der Waals surface area (Å²) in [5.74, 6) is 0.0324. The molecule has 6 rings (SSSR count). The first-order valence-electron chi connectivity index (χ1n) is 13.6. The number of carbonyl (C=O) groups is 1. The number of hydrogen-bond donors (Lipinski definition) is 0. The van der Waals surface area contributed by atoms with E-state index < -0.39 is 10.0 Å². The van der Waals surface area contributed by atoms with E-state index in [1.54, 1.807) is 19.1 Å². The Morgan fingerprint density at radius 1 is 0.810 bits per heavy atom. The van der Waals surface area contributed by atoms with Crippen LogP contribution in [0.3, 0.4) is 0 Å². The third-order valence-corrected chi connectivity index (χ3v) is 10.5. The number of Topliss-reactive ketones (excluding diaryl/α,β-unsaturated/α-hetero) is 1. The van der Waals surface area contributed by atoms with Crippen molar-refractivity contribution < 1.29 is 13.2 Å². The third-order valence-electron chi connectivity index (χ3n) is 7.63. The number of benzene rings is 3. The standard InChI is InChI=1S/C32H28Cl2N4O3S/c1-22(39)23-10-12-24(13-11-23)26-14-15-30-35-32(25-6-3-2-4-7-25)28(38(30)20-26)21-36-16-18-37(19-17-36)42(40,41)29-9-5-8-27(33)31(29)34/h2-15,20H,16-19,21H2,1H3.